The summed E-state index contributed by atoms with van der Waals surface area (Å²) in [6.45, 7) is 6.35. The van der Waals surface area contributed by atoms with Crippen LogP contribution in [0.4, 0.5) is 0 Å². The normalized spacial score (nSPS) is 13.2. The monoisotopic (exact) mass is 1090 g/mol. The van der Waals surface area contributed by atoms with Crippen LogP contribution in [0.15, 0.2) is 158 Å². The molecule has 6 heteroatoms. The van der Waals surface area contributed by atoms with E-state index >= 15 is 0 Å². The van der Waals surface area contributed by atoms with Crippen molar-refractivity contribution in [3.05, 3.63) is 158 Å². The van der Waals surface area contributed by atoms with E-state index < -0.39 is 6.10 Å². The Hall–Kier alpha value is -4.97. The lowest BCUT2D eigenvalue weighted by Crippen LogP contribution is -2.30. The number of allylic oxidation sites excluding steroid dienone is 26. The first-order valence-corrected chi connectivity index (χ1v) is 32.0. The number of ether oxygens (including phenoxy) is 3. The van der Waals surface area contributed by atoms with Crippen molar-refractivity contribution < 1.29 is 28.6 Å². The smallest absolute Gasteiger partial charge is 0.306 e. The highest BCUT2D eigenvalue weighted by Gasteiger charge is 2.19. The van der Waals surface area contributed by atoms with E-state index in [0.29, 0.717) is 12.8 Å². The van der Waals surface area contributed by atoms with E-state index in [1.54, 1.807) is 0 Å². The van der Waals surface area contributed by atoms with Gasteiger partial charge in [-0.05, 0) is 148 Å². The molecule has 444 valence electrons. The maximum atomic E-state index is 12.9. The highest BCUT2D eigenvalue weighted by atomic mass is 16.6. The fourth-order valence-corrected chi connectivity index (χ4v) is 8.27. The molecular formula is C73H116O6. The molecule has 0 heterocycles. The summed E-state index contributed by atoms with van der Waals surface area (Å²) >= 11 is 0. The van der Waals surface area contributed by atoms with Gasteiger partial charge in [-0.2, -0.15) is 0 Å². The second-order valence-electron chi connectivity index (χ2n) is 20.5. The highest BCUT2D eigenvalue weighted by Crippen LogP contribution is 2.14. The summed E-state index contributed by atoms with van der Waals surface area (Å²) in [5.41, 5.74) is 0. The Bertz CT molecular complexity index is 1780. The maximum absolute atomic E-state index is 12.9. The number of unbranched alkanes of at least 4 members (excludes halogenated alkanes) is 19. The minimum Gasteiger partial charge on any atom is -0.462 e. The second-order valence-corrected chi connectivity index (χ2v) is 20.5. The van der Waals surface area contributed by atoms with E-state index in [1.165, 1.54) is 51.4 Å². The number of esters is 3. The van der Waals surface area contributed by atoms with Crippen molar-refractivity contribution in [1.82, 2.24) is 0 Å². The van der Waals surface area contributed by atoms with Gasteiger partial charge < -0.3 is 14.2 Å². The average molecular weight is 1090 g/mol. The molecule has 0 rings (SSSR count). The number of hydrogen-bond acceptors (Lipinski definition) is 6. The molecular weight excluding hydrogens is 973 g/mol. The van der Waals surface area contributed by atoms with Crippen molar-refractivity contribution in [1.29, 1.82) is 0 Å². The van der Waals surface area contributed by atoms with E-state index in [4.69, 9.17) is 14.2 Å². The van der Waals surface area contributed by atoms with Gasteiger partial charge in [0.1, 0.15) is 13.2 Å². The van der Waals surface area contributed by atoms with E-state index in [0.717, 1.165) is 173 Å². The molecule has 0 aliphatic rings. The summed E-state index contributed by atoms with van der Waals surface area (Å²) < 4.78 is 16.9. The molecule has 0 aromatic carbocycles. The molecule has 0 radical (unpaired) electrons. The van der Waals surface area contributed by atoms with Crippen LogP contribution < -0.4 is 0 Å². The van der Waals surface area contributed by atoms with Gasteiger partial charge >= 0.3 is 17.9 Å². The predicted molar refractivity (Wildman–Crippen MR) is 343 cm³/mol. The number of hydrogen-bond donors (Lipinski definition) is 0. The molecule has 0 bridgehead atoms. The minimum atomic E-state index is -0.811. The van der Waals surface area contributed by atoms with Crippen LogP contribution in [-0.2, 0) is 28.6 Å². The molecule has 1 unspecified atom stereocenters. The fourth-order valence-electron chi connectivity index (χ4n) is 8.27. The Morgan fingerprint density at radius 2 is 0.494 bits per heavy atom. The fraction of sp³-hybridized carbons (Fsp3) is 0.603. The quantitative estimate of drug-likeness (QED) is 0.0261. The Kier molecular flexibility index (Phi) is 61.4. The molecule has 0 aliphatic heterocycles. The average Bonchev–Trinajstić information content (AvgIpc) is 3.45. The van der Waals surface area contributed by atoms with Gasteiger partial charge in [0.2, 0.25) is 0 Å². The Balaban J connectivity index is 4.47. The zero-order valence-corrected chi connectivity index (χ0v) is 50.8. The minimum absolute atomic E-state index is 0.104. The van der Waals surface area contributed by atoms with Gasteiger partial charge in [0.25, 0.3) is 0 Å². The van der Waals surface area contributed by atoms with E-state index in [-0.39, 0.29) is 37.5 Å². The van der Waals surface area contributed by atoms with Crippen LogP contribution in [0.1, 0.15) is 265 Å². The number of rotatable bonds is 56. The molecule has 0 aromatic heterocycles. The molecule has 0 N–H and O–H groups in total. The Morgan fingerprint density at radius 1 is 0.266 bits per heavy atom. The summed E-state index contributed by atoms with van der Waals surface area (Å²) in [7, 11) is 0. The molecule has 6 nitrogen and oxygen atoms in total. The van der Waals surface area contributed by atoms with Crippen LogP contribution in [-0.4, -0.2) is 37.2 Å². The van der Waals surface area contributed by atoms with Crippen molar-refractivity contribution >= 4 is 17.9 Å². The van der Waals surface area contributed by atoms with Gasteiger partial charge in [-0.15, -0.1) is 0 Å². The zero-order valence-electron chi connectivity index (χ0n) is 50.8. The first-order chi connectivity index (χ1) is 39.0. The lowest BCUT2D eigenvalue weighted by atomic mass is 10.1. The molecule has 1 atom stereocenters. The topological polar surface area (TPSA) is 78.9 Å². The number of carbonyl (C=O) groups is 3. The van der Waals surface area contributed by atoms with Crippen LogP contribution in [0.2, 0.25) is 0 Å². The molecule has 0 aliphatic carbocycles. The summed E-state index contributed by atoms with van der Waals surface area (Å²) in [5.74, 6) is -0.955. The number of carbonyl (C=O) groups excluding carboxylic acids is 3. The molecule has 0 saturated heterocycles. The molecule has 0 fully saturated rings. The summed E-state index contributed by atoms with van der Waals surface area (Å²) in [4.78, 5) is 38.3. The SMILES string of the molecule is CC/C=C\C/C=C\C/C=C\C/C=C\C/C=C\C/C=C\CCCCCCCCC(=O)OCC(COC(=O)CCCCCCC/C=C\CCCCCC)OC(=O)CCCCCC/C=C\C/C=C\C/C=C\C/C=C\C/C=C\C/C=C\CC. The Morgan fingerprint density at radius 3 is 0.785 bits per heavy atom. The summed E-state index contributed by atoms with van der Waals surface area (Å²) in [6.07, 6.45) is 95.2. The van der Waals surface area contributed by atoms with Gasteiger partial charge in [-0.25, -0.2) is 0 Å². The maximum Gasteiger partial charge on any atom is 0.306 e. The summed E-state index contributed by atoms with van der Waals surface area (Å²) in [6, 6.07) is 0. The third-order valence-corrected chi connectivity index (χ3v) is 13.0. The van der Waals surface area contributed by atoms with Crippen molar-refractivity contribution in [3.63, 3.8) is 0 Å². The molecule has 0 spiro atoms. The van der Waals surface area contributed by atoms with E-state index in [1.807, 2.05) is 0 Å². The largest absolute Gasteiger partial charge is 0.462 e. The van der Waals surface area contributed by atoms with Crippen LogP contribution >= 0.6 is 0 Å². The standard InChI is InChI=1S/C73H116O6/c1-4-7-10-13-16-19-22-25-27-29-31-33-35-36-38-39-41-43-45-48-51-54-57-60-63-66-72(75)78-69-70(68-77-71(74)65-62-59-56-53-50-47-24-21-18-15-12-9-6-3)79-73(76)67-64-61-58-55-52-49-46-44-42-40-37-34-32-30-28-26-23-20-17-14-11-8-5-2/h7-8,10-11,16-17,19-21,24-28,31-34,36,38,40-43,46,49,70H,4-6,9,12-15,18,22-23,29-30,35,37,39,44-45,47-48,50-69H2,1-3H3/b10-7-,11-8-,19-16-,20-17-,24-21-,27-25-,28-26-,33-31-,34-32-,38-36-,42-40-,43-41-,49-46-. The van der Waals surface area contributed by atoms with Crippen LogP contribution in [0.25, 0.3) is 0 Å². The van der Waals surface area contributed by atoms with E-state index in [9.17, 15) is 14.4 Å². The van der Waals surface area contributed by atoms with E-state index in [2.05, 4.69) is 179 Å². The first kappa shape index (κ1) is 74.0. The summed E-state index contributed by atoms with van der Waals surface area (Å²) in [5, 5.41) is 0. The third-order valence-electron chi connectivity index (χ3n) is 13.0. The molecule has 0 saturated carbocycles. The first-order valence-electron chi connectivity index (χ1n) is 32.0. The van der Waals surface area contributed by atoms with Crippen molar-refractivity contribution in [2.24, 2.45) is 0 Å². The third kappa shape index (κ3) is 63.7. The second kappa shape index (κ2) is 65.5. The predicted octanol–water partition coefficient (Wildman–Crippen LogP) is 22.1. The van der Waals surface area contributed by atoms with Gasteiger partial charge in [0.05, 0.1) is 0 Å². The molecule has 79 heavy (non-hydrogen) atoms. The zero-order chi connectivity index (χ0) is 57.1. The Labute approximate surface area is 486 Å². The van der Waals surface area contributed by atoms with Crippen molar-refractivity contribution in [2.45, 2.75) is 271 Å². The highest BCUT2D eigenvalue weighted by molar-refractivity contribution is 5.71. The lowest BCUT2D eigenvalue weighted by molar-refractivity contribution is -0.167. The van der Waals surface area contributed by atoms with Gasteiger partial charge in [0, 0.05) is 19.3 Å². The van der Waals surface area contributed by atoms with Gasteiger partial charge in [-0.1, -0.05) is 256 Å². The van der Waals surface area contributed by atoms with Gasteiger partial charge in [0.15, 0.2) is 6.10 Å². The van der Waals surface area contributed by atoms with Gasteiger partial charge in [-0.3, -0.25) is 14.4 Å². The van der Waals surface area contributed by atoms with Crippen LogP contribution in [0.3, 0.4) is 0 Å². The van der Waals surface area contributed by atoms with Crippen molar-refractivity contribution in [2.75, 3.05) is 13.2 Å². The van der Waals surface area contributed by atoms with Crippen LogP contribution in [0, 0.1) is 0 Å². The molecule has 0 aromatic rings. The molecule has 0 amide bonds. The van der Waals surface area contributed by atoms with Crippen LogP contribution in [0.5, 0.6) is 0 Å². The lowest BCUT2D eigenvalue weighted by Gasteiger charge is -2.18. The van der Waals surface area contributed by atoms with Crippen molar-refractivity contribution in [3.8, 4) is 0 Å².